The van der Waals surface area contributed by atoms with Gasteiger partial charge in [0, 0.05) is 23.1 Å². The lowest BCUT2D eigenvalue weighted by atomic mass is 10.2. The molecule has 2 heterocycles. The van der Waals surface area contributed by atoms with Gasteiger partial charge in [-0.15, -0.1) is 10.2 Å². The molecule has 2 aromatic heterocycles. The molecule has 0 saturated carbocycles. The Kier molecular flexibility index (Phi) is 9.02. The monoisotopic (exact) mass is 615 g/mol. The van der Waals surface area contributed by atoms with Gasteiger partial charge in [-0.2, -0.15) is 0 Å². The van der Waals surface area contributed by atoms with Crippen LogP contribution in [0.25, 0.3) is 5.69 Å². The zero-order valence-corrected chi connectivity index (χ0v) is 25.3. The Morgan fingerprint density at radius 2 is 1.63 bits per heavy atom. The number of benzene rings is 3. The molecule has 11 nitrogen and oxygen atoms in total. The maximum absolute atomic E-state index is 12.8. The van der Waals surface area contributed by atoms with E-state index in [2.05, 4.69) is 30.2 Å². The van der Waals surface area contributed by atoms with E-state index in [0.717, 1.165) is 17.0 Å². The van der Waals surface area contributed by atoms with E-state index in [-0.39, 0.29) is 29.0 Å². The highest BCUT2D eigenvalue weighted by molar-refractivity contribution is 7.99. The number of aromatic nitrogens is 5. The summed E-state index contributed by atoms with van der Waals surface area (Å²) in [6.07, 6.45) is 0. The molecule has 1 amide bonds. The van der Waals surface area contributed by atoms with Crippen LogP contribution in [0.3, 0.4) is 0 Å². The number of carbonyl (C=O) groups is 1. The molecular formula is C30H29N7O4S2. The van der Waals surface area contributed by atoms with E-state index in [9.17, 15) is 13.2 Å². The Labute approximate surface area is 253 Å². The van der Waals surface area contributed by atoms with Gasteiger partial charge in [0.05, 0.1) is 10.6 Å². The van der Waals surface area contributed by atoms with E-state index in [1.165, 1.54) is 36.0 Å². The first-order valence-electron chi connectivity index (χ1n) is 13.2. The van der Waals surface area contributed by atoms with Crippen molar-refractivity contribution >= 4 is 39.2 Å². The molecule has 0 aliphatic heterocycles. The van der Waals surface area contributed by atoms with E-state index in [1.807, 2.05) is 66.1 Å². The highest BCUT2D eigenvalue weighted by atomic mass is 32.2. The van der Waals surface area contributed by atoms with E-state index in [1.54, 1.807) is 19.9 Å². The third-order valence-electron chi connectivity index (χ3n) is 6.09. The Bertz CT molecular complexity index is 1810. The van der Waals surface area contributed by atoms with Crippen LogP contribution in [0, 0.1) is 20.8 Å². The second kappa shape index (κ2) is 13.0. The lowest BCUT2D eigenvalue weighted by Gasteiger charge is -2.12. The van der Waals surface area contributed by atoms with Crippen molar-refractivity contribution in [3.05, 3.63) is 108 Å². The minimum atomic E-state index is -3.88. The Hall–Kier alpha value is -4.75. The summed E-state index contributed by atoms with van der Waals surface area (Å²) in [5.74, 6) is 1.72. The molecule has 3 aromatic carbocycles. The molecule has 2 N–H and O–H groups in total. The van der Waals surface area contributed by atoms with Crippen LogP contribution in [0.1, 0.15) is 22.9 Å². The SMILES string of the molecule is Cc1ccc(OCc2nnc(SCC(=O)Nc3ccc(S(=O)(=O)Nc4cc(C)nc(C)n4)cc3)n2-c2ccccc2)cc1. The zero-order chi connectivity index (χ0) is 30.4. The molecule has 43 heavy (non-hydrogen) atoms. The summed E-state index contributed by atoms with van der Waals surface area (Å²) in [6, 6.07) is 24.8. The molecule has 13 heteroatoms. The van der Waals surface area contributed by atoms with E-state index in [0.29, 0.717) is 28.2 Å². The van der Waals surface area contributed by atoms with Crippen molar-refractivity contribution in [2.75, 3.05) is 15.8 Å². The smallest absolute Gasteiger partial charge is 0.263 e. The fourth-order valence-electron chi connectivity index (χ4n) is 4.12. The summed E-state index contributed by atoms with van der Waals surface area (Å²) in [7, 11) is -3.88. The summed E-state index contributed by atoms with van der Waals surface area (Å²) < 4.78 is 35.9. The zero-order valence-electron chi connectivity index (χ0n) is 23.7. The average molecular weight is 616 g/mol. The van der Waals surface area contributed by atoms with Crippen LogP contribution in [0.15, 0.2) is 95.0 Å². The number of nitrogens with zero attached hydrogens (tertiary/aromatic N) is 5. The molecule has 0 spiro atoms. The quantitative estimate of drug-likeness (QED) is 0.194. The number of amides is 1. The third kappa shape index (κ3) is 7.76. The van der Waals surface area contributed by atoms with Crippen LogP contribution in [0.2, 0.25) is 0 Å². The minimum Gasteiger partial charge on any atom is -0.486 e. The lowest BCUT2D eigenvalue weighted by Crippen LogP contribution is -2.16. The second-order valence-corrected chi connectivity index (χ2v) is 12.2. The molecule has 220 valence electrons. The van der Waals surface area contributed by atoms with Crippen LogP contribution < -0.4 is 14.8 Å². The number of hydrogen-bond acceptors (Lipinski definition) is 9. The third-order valence-corrected chi connectivity index (χ3v) is 8.39. The molecule has 0 aliphatic rings. The van der Waals surface area contributed by atoms with Crippen molar-refractivity contribution in [1.29, 1.82) is 0 Å². The summed E-state index contributed by atoms with van der Waals surface area (Å²) >= 11 is 1.23. The normalized spacial score (nSPS) is 11.2. The summed E-state index contributed by atoms with van der Waals surface area (Å²) in [5, 5.41) is 12.0. The van der Waals surface area contributed by atoms with Crippen molar-refractivity contribution in [2.24, 2.45) is 0 Å². The maximum atomic E-state index is 12.8. The average Bonchev–Trinajstić information content (AvgIpc) is 3.38. The summed E-state index contributed by atoms with van der Waals surface area (Å²) in [6.45, 7) is 5.65. The molecular weight excluding hydrogens is 587 g/mol. The highest BCUT2D eigenvalue weighted by Gasteiger charge is 2.18. The van der Waals surface area contributed by atoms with Gasteiger partial charge < -0.3 is 10.1 Å². The Morgan fingerprint density at radius 1 is 0.907 bits per heavy atom. The summed E-state index contributed by atoms with van der Waals surface area (Å²) in [5.41, 5.74) is 3.08. The first-order chi connectivity index (χ1) is 20.7. The Balaban J connectivity index is 1.23. The number of ether oxygens (including phenoxy) is 1. The number of para-hydroxylation sites is 1. The summed E-state index contributed by atoms with van der Waals surface area (Å²) in [4.78, 5) is 21.1. The highest BCUT2D eigenvalue weighted by Crippen LogP contribution is 2.24. The number of aryl methyl sites for hydroxylation is 3. The molecule has 0 radical (unpaired) electrons. The van der Waals surface area contributed by atoms with Gasteiger partial charge in [0.1, 0.15) is 24.0 Å². The van der Waals surface area contributed by atoms with Crippen LogP contribution in [-0.4, -0.2) is 44.8 Å². The number of thioether (sulfide) groups is 1. The van der Waals surface area contributed by atoms with Crippen LogP contribution in [-0.2, 0) is 21.4 Å². The van der Waals surface area contributed by atoms with Crippen molar-refractivity contribution in [3.63, 3.8) is 0 Å². The molecule has 5 rings (SSSR count). The van der Waals surface area contributed by atoms with Crippen LogP contribution in [0.4, 0.5) is 11.5 Å². The number of nitrogens with one attached hydrogen (secondary N) is 2. The number of anilines is 2. The minimum absolute atomic E-state index is 0.0325. The molecule has 0 aliphatic carbocycles. The first-order valence-corrected chi connectivity index (χ1v) is 15.7. The first kappa shape index (κ1) is 29.7. The fraction of sp³-hybridized carbons (Fsp3) is 0.167. The van der Waals surface area contributed by atoms with Gasteiger partial charge in [-0.25, -0.2) is 18.4 Å². The van der Waals surface area contributed by atoms with Gasteiger partial charge in [0.15, 0.2) is 11.0 Å². The largest absolute Gasteiger partial charge is 0.486 e. The molecule has 5 aromatic rings. The van der Waals surface area contributed by atoms with E-state index in [4.69, 9.17) is 4.74 Å². The number of hydrogen-bond donors (Lipinski definition) is 2. The second-order valence-electron chi connectivity index (χ2n) is 9.58. The van der Waals surface area contributed by atoms with Gasteiger partial charge in [-0.3, -0.25) is 14.1 Å². The van der Waals surface area contributed by atoms with Gasteiger partial charge in [-0.05, 0) is 69.3 Å². The standard InChI is InChI=1S/C30H29N7O4S2/c1-20-9-13-25(14-10-20)41-18-28-34-35-30(37(28)24-7-5-4-6-8-24)42-19-29(38)33-23-11-15-26(16-12-23)43(39,40)36-27-17-21(2)31-22(3)32-27/h4-17H,18-19H2,1-3H3,(H,33,38)(H,31,32,36). The van der Waals surface area contributed by atoms with Gasteiger partial charge >= 0.3 is 0 Å². The van der Waals surface area contributed by atoms with Crippen LogP contribution >= 0.6 is 11.8 Å². The predicted octanol–water partition coefficient (Wildman–Crippen LogP) is 5.09. The molecule has 0 bridgehead atoms. The molecule has 0 atom stereocenters. The van der Waals surface area contributed by atoms with Crippen molar-refractivity contribution in [3.8, 4) is 11.4 Å². The van der Waals surface area contributed by atoms with Crippen molar-refractivity contribution in [1.82, 2.24) is 24.7 Å². The number of sulfonamides is 1. The number of rotatable bonds is 11. The molecule has 0 unspecified atom stereocenters. The van der Waals surface area contributed by atoms with Crippen LogP contribution in [0.5, 0.6) is 5.75 Å². The van der Waals surface area contributed by atoms with Gasteiger partial charge in [0.2, 0.25) is 5.91 Å². The Morgan fingerprint density at radius 3 is 2.33 bits per heavy atom. The maximum Gasteiger partial charge on any atom is 0.263 e. The van der Waals surface area contributed by atoms with E-state index >= 15 is 0 Å². The topological polar surface area (TPSA) is 141 Å². The van der Waals surface area contributed by atoms with Crippen molar-refractivity contribution < 1.29 is 17.9 Å². The number of carbonyl (C=O) groups excluding carboxylic acids is 1. The van der Waals surface area contributed by atoms with Gasteiger partial charge in [-0.1, -0.05) is 47.7 Å². The van der Waals surface area contributed by atoms with Crippen molar-refractivity contribution in [2.45, 2.75) is 37.4 Å². The predicted molar refractivity (Wildman–Crippen MR) is 165 cm³/mol. The fourth-order valence-corrected chi connectivity index (χ4v) is 5.88. The molecule has 0 saturated heterocycles. The van der Waals surface area contributed by atoms with E-state index < -0.39 is 10.0 Å². The lowest BCUT2D eigenvalue weighted by molar-refractivity contribution is -0.113. The van der Waals surface area contributed by atoms with Gasteiger partial charge in [0.25, 0.3) is 10.0 Å². The molecule has 0 fully saturated rings.